The molecule has 1 atom stereocenters. The fraction of sp³-hybridized carbons (Fsp3) is 0.154. The van der Waals surface area contributed by atoms with Gasteiger partial charge in [0.05, 0.1) is 28.1 Å². The van der Waals surface area contributed by atoms with Crippen molar-refractivity contribution in [2.45, 2.75) is 19.3 Å². The highest BCUT2D eigenvalue weighted by molar-refractivity contribution is 9.10. The Morgan fingerprint density at radius 1 is 1.14 bits per heavy atom. The number of fused-ring (bicyclic) bond motifs is 1. The maximum atomic E-state index is 12.8. The van der Waals surface area contributed by atoms with E-state index in [2.05, 4.69) is 22.0 Å². The van der Waals surface area contributed by atoms with Gasteiger partial charge in [0, 0.05) is 16.1 Å². The predicted molar refractivity (Wildman–Crippen MR) is 137 cm³/mol. The summed E-state index contributed by atoms with van der Waals surface area (Å²) < 4.78 is 17.7. The normalized spacial score (nSPS) is 14.5. The van der Waals surface area contributed by atoms with Crippen molar-refractivity contribution in [1.29, 1.82) is 5.26 Å². The zero-order valence-electron chi connectivity index (χ0n) is 18.5. The number of benzene rings is 3. The Labute approximate surface area is 220 Å². The zero-order valence-corrected chi connectivity index (χ0v) is 21.6. The number of nitriles is 1. The second-order valence-electron chi connectivity index (χ2n) is 7.68. The van der Waals surface area contributed by atoms with Crippen molar-refractivity contribution in [3.8, 4) is 23.3 Å². The van der Waals surface area contributed by atoms with Gasteiger partial charge in [-0.2, -0.15) is 5.26 Å². The largest absolute Gasteiger partial charge is 0.490 e. The number of hydrogen-bond acceptors (Lipinski definition) is 6. The lowest BCUT2D eigenvalue weighted by molar-refractivity contribution is 0.0734. The second kappa shape index (κ2) is 10.6. The fourth-order valence-corrected chi connectivity index (χ4v) is 4.54. The molecule has 3 aromatic rings. The number of allylic oxidation sites excluding steroid dienone is 1. The minimum Gasteiger partial charge on any atom is -0.490 e. The number of carbonyl (C=O) groups is 1. The van der Waals surface area contributed by atoms with Gasteiger partial charge in [-0.1, -0.05) is 64.3 Å². The molecule has 4 rings (SSSR count). The molecular weight excluding hydrogens is 555 g/mol. The van der Waals surface area contributed by atoms with E-state index in [1.54, 1.807) is 18.2 Å². The van der Waals surface area contributed by atoms with Crippen LogP contribution in [0.1, 0.15) is 40.7 Å². The maximum Gasteiger partial charge on any atom is 0.343 e. The summed E-state index contributed by atoms with van der Waals surface area (Å²) >= 11 is 15.9. The van der Waals surface area contributed by atoms with Crippen LogP contribution < -0.4 is 19.9 Å². The molecule has 0 saturated heterocycles. The predicted octanol–water partition coefficient (Wildman–Crippen LogP) is 6.98. The average Bonchev–Trinajstić information content (AvgIpc) is 2.83. The van der Waals surface area contributed by atoms with Crippen LogP contribution in [0.2, 0.25) is 10.0 Å². The van der Waals surface area contributed by atoms with Crippen LogP contribution in [-0.4, -0.2) is 12.6 Å². The molecule has 0 fully saturated rings. The molecule has 9 heteroatoms. The highest BCUT2D eigenvalue weighted by atomic mass is 79.9. The van der Waals surface area contributed by atoms with E-state index in [4.69, 9.17) is 43.1 Å². The van der Waals surface area contributed by atoms with Gasteiger partial charge in [-0.15, -0.1) is 0 Å². The van der Waals surface area contributed by atoms with Crippen LogP contribution in [0.25, 0.3) is 0 Å². The molecule has 1 aliphatic rings. The molecule has 178 valence electrons. The van der Waals surface area contributed by atoms with Crippen molar-refractivity contribution in [3.05, 3.63) is 97.3 Å². The lowest BCUT2D eigenvalue weighted by atomic mass is 9.83. The standard InChI is InChI=1S/C26H19BrCl2N2O4/c1-2-9-33-24-20(28)10-15(11-21(24)29)26(32)34-17-7-8-18-22(12-17)35-25(31)19(13-30)23(18)14-3-5-16(27)6-4-14/h3-8,10-12,23H,2,9,31H2,1H3. The third kappa shape index (κ3) is 5.25. The number of halogens is 3. The number of carbonyl (C=O) groups excluding carboxylic acids is 1. The van der Waals surface area contributed by atoms with E-state index in [0.717, 1.165) is 22.0 Å². The summed E-state index contributed by atoms with van der Waals surface area (Å²) in [7, 11) is 0. The minimum absolute atomic E-state index is 0.00220. The van der Waals surface area contributed by atoms with Crippen molar-refractivity contribution < 1.29 is 19.0 Å². The second-order valence-corrected chi connectivity index (χ2v) is 9.41. The Morgan fingerprint density at radius 3 is 2.46 bits per heavy atom. The summed E-state index contributed by atoms with van der Waals surface area (Å²) in [6.07, 6.45) is 0.787. The zero-order chi connectivity index (χ0) is 25.1. The number of esters is 1. The minimum atomic E-state index is -0.655. The number of rotatable bonds is 6. The fourth-order valence-electron chi connectivity index (χ4n) is 3.68. The first-order valence-electron chi connectivity index (χ1n) is 10.6. The summed E-state index contributed by atoms with van der Waals surface area (Å²) in [5.41, 5.74) is 8.13. The molecule has 0 bridgehead atoms. The Kier molecular flexibility index (Phi) is 7.56. The van der Waals surface area contributed by atoms with Gasteiger partial charge < -0.3 is 19.9 Å². The molecule has 1 unspecified atom stereocenters. The molecule has 35 heavy (non-hydrogen) atoms. The van der Waals surface area contributed by atoms with Gasteiger partial charge in [0.15, 0.2) is 5.75 Å². The van der Waals surface area contributed by atoms with Crippen LogP contribution in [0.3, 0.4) is 0 Å². The van der Waals surface area contributed by atoms with Crippen molar-refractivity contribution >= 4 is 45.1 Å². The summed E-state index contributed by atoms with van der Waals surface area (Å²) in [6.45, 7) is 2.41. The maximum absolute atomic E-state index is 12.8. The van der Waals surface area contributed by atoms with E-state index in [9.17, 15) is 10.1 Å². The molecule has 0 saturated carbocycles. The van der Waals surface area contributed by atoms with E-state index in [1.165, 1.54) is 12.1 Å². The van der Waals surface area contributed by atoms with Crippen molar-refractivity contribution in [3.63, 3.8) is 0 Å². The Hall–Kier alpha value is -3.18. The molecule has 0 amide bonds. The van der Waals surface area contributed by atoms with Crippen molar-refractivity contribution in [1.82, 2.24) is 0 Å². The van der Waals surface area contributed by atoms with Gasteiger partial charge in [-0.05, 0) is 42.3 Å². The first-order chi connectivity index (χ1) is 16.8. The van der Waals surface area contributed by atoms with Gasteiger partial charge >= 0.3 is 5.97 Å². The average molecular weight is 574 g/mol. The van der Waals surface area contributed by atoms with Crippen molar-refractivity contribution in [2.75, 3.05) is 6.61 Å². The highest BCUT2D eigenvalue weighted by Gasteiger charge is 2.31. The number of ether oxygens (including phenoxy) is 3. The SMILES string of the molecule is CCCOc1c(Cl)cc(C(=O)Oc2ccc3c(c2)OC(N)=C(C#N)C3c2ccc(Br)cc2)cc1Cl. The summed E-state index contributed by atoms with van der Waals surface area (Å²) in [5, 5.41) is 10.1. The van der Waals surface area contributed by atoms with Gasteiger partial charge in [-0.3, -0.25) is 0 Å². The molecular formula is C26H19BrCl2N2O4. The van der Waals surface area contributed by atoms with E-state index in [1.807, 2.05) is 31.2 Å². The lowest BCUT2D eigenvalue weighted by Crippen LogP contribution is -2.21. The Balaban J connectivity index is 1.62. The molecule has 6 nitrogen and oxygen atoms in total. The Bertz CT molecular complexity index is 1340. The van der Waals surface area contributed by atoms with Crippen LogP contribution in [0, 0.1) is 11.3 Å². The quantitative estimate of drug-likeness (QED) is 0.252. The number of hydrogen-bond donors (Lipinski definition) is 1. The Morgan fingerprint density at radius 2 is 1.83 bits per heavy atom. The van der Waals surface area contributed by atoms with E-state index >= 15 is 0 Å². The highest BCUT2D eigenvalue weighted by Crippen LogP contribution is 2.43. The van der Waals surface area contributed by atoms with Crippen LogP contribution in [0.5, 0.6) is 17.2 Å². The van der Waals surface area contributed by atoms with Crippen LogP contribution in [0.4, 0.5) is 0 Å². The summed E-state index contributed by atoms with van der Waals surface area (Å²) in [4.78, 5) is 12.8. The number of nitrogens with zero attached hydrogens (tertiary/aromatic N) is 1. The van der Waals surface area contributed by atoms with Gasteiger partial charge in [0.2, 0.25) is 5.88 Å². The molecule has 3 aromatic carbocycles. The lowest BCUT2D eigenvalue weighted by Gasteiger charge is -2.26. The van der Waals surface area contributed by atoms with Gasteiger partial charge in [0.25, 0.3) is 0 Å². The van der Waals surface area contributed by atoms with E-state index < -0.39 is 11.9 Å². The van der Waals surface area contributed by atoms with Crippen LogP contribution >= 0.6 is 39.1 Å². The third-order valence-corrected chi connectivity index (χ3v) is 6.38. The van der Waals surface area contributed by atoms with Crippen LogP contribution in [-0.2, 0) is 0 Å². The van der Waals surface area contributed by atoms with Gasteiger partial charge in [0.1, 0.15) is 23.1 Å². The molecule has 1 aliphatic heterocycles. The molecule has 0 aromatic heterocycles. The first kappa shape index (κ1) is 24.9. The first-order valence-corrected chi connectivity index (χ1v) is 12.2. The third-order valence-electron chi connectivity index (χ3n) is 5.29. The molecule has 0 aliphatic carbocycles. The van der Waals surface area contributed by atoms with Crippen molar-refractivity contribution in [2.24, 2.45) is 5.73 Å². The molecule has 0 spiro atoms. The topological polar surface area (TPSA) is 94.6 Å². The number of nitrogens with two attached hydrogens (primary N) is 1. The smallest absolute Gasteiger partial charge is 0.343 e. The van der Waals surface area contributed by atoms with Gasteiger partial charge in [-0.25, -0.2) is 4.79 Å². The van der Waals surface area contributed by atoms with Crippen LogP contribution in [0.15, 0.2) is 70.5 Å². The molecule has 0 radical (unpaired) electrons. The summed E-state index contributed by atoms with van der Waals surface area (Å²) in [5.74, 6) is -0.137. The van der Waals surface area contributed by atoms with E-state index in [-0.39, 0.29) is 27.2 Å². The monoisotopic (exact) mass is 572 g/mol. The molecule has 2 N–H and O–H groups in total. The summed E-state index contributed by atoms with van der Waals surface area (Å²) in [6, 6.07) is 17.6. The molecule has 1 heterocycles. The van der Waals surface area contributed by atoms with E-state index in [0.29, 0.717) is 23.7 Å².